The third-order valence-electron chi connectivity index (χ3n) is 3.58. The first kappa shape index (κ1) is 15.0. The van der Waals surface area contributed by atoms with Crippen molar-refractivity contribution in [3.63, 3.8) is 0 Å². The number of nitrogens with one attached hydrogen (secondary N) is 2. The second kappa shape index (κ2) is 6.18. The fourth-order valence-corrected chi connectivity index (χ4v) is 2.24. The maximum Gasteiger partial charge on any atom is 0.242 e. The summed E-state index contributed by atoms with van der Waals surface area (Å²) in [7, 11) is 0. The largest absolute Gasteiger partial charge is 0.352 e. The van der Waals surface area contributed by atoms with Gasteiger partial charge in [0.2, 0.25) is 11.8 Å². The van der Waals surface area contributed by atoms with Gasteiger partial charge >= 0.3 is 0 Å². The summed E-state index contributed by atoms with van der Waals surface area (Å²) in [5, 5.41) is 5.51. The highest BCUT2D eigenvalue weighted by Crippen LogP contribution is 2.42. The summed E-state index contributed by atoms with van der Waals surface area (Å²) in [6, 6.07) is -0.409. The van der Waals surface area contributed by atoms with Crippen LogP contribution in [-0.4, -0.2) is 30.4 Å². The molecule has 1 rings (SSSR count). The van der Waals surface area contributed by atoms with Crippen LogP contribution in [-0.2, 0) is 9.59 Å². The Hall–Kier alpha value is -1.10. The fraction of sp³-hybridized carbons (Fsp3) is 0.846. The third kappa shape index (κ3) is 3.98. The summed E-state index contributed by atoms with van der Waals surface area (Å²) in [4.78, 5) is 23.5. The molecule has 5 heteroatoms. The van der Waals surface area contributed by atoms with E-state index in [4.69, 9.17) is 5.73 Å². The fourth-order valence-electron chi connectivity index (χ4n) is 2.24. The lowest BCUT2D eigenvalue weighted by Gasteiger charge is -2.40. The van der Waals surface area contributed by atoms with Crippen LogP contribution >= 0.6 is 0 Å². The zero-order chi connectivity index (χ0) is 13.8. The molecule has 1 fully saturated rings. The predicted octanol–water partition coefficient (Wildman–Crippen LogP) is 0.535. The minimum absolute atomic E-state index is 0.0155. The van der Waals surface area contributed by atoms with Crippen LogP contribution in [0.3, 0.4) is 0 Å². The van der Waals surface area contributed by atoms with Gasteiger partial charge in [-0.05, 0) is 45.6 Å². The first-order chi connectivity index (χ1) is 8.38. The predicted molar refractivity (Wildman–Crippen MR) is 70.8 cm³/mol. The zero-order valence-electron chi connectivity index (χ0n) is 11.6. The molecule has 0 aromatic heterocycles. The Morgan fingerprint density at radius 1 is 1.22 bits per heavy atom. The van der Waals surface area contributed by atoms with E-state index >= 15 is 0 Å². The van der Waals surface area contributed by atoms with E-state index < -0.39 is 6.04 Å². The molecule has 1 aliphatic rings. The molecule has 2 amide bonds. The van der Waals surface area contributed by atoms with E-state index in [0.29, 0.717) is 13.0 Å². The normalized spacial score (nSPS) is 18.9. The summed E-state index contributed by atoms with van der Waals surface area (Å²) in [5.74, 6) is -0.222. The number of carbonyl (C=O) groups is 2. The van der Waals surface area contributed by atoms with Crippen molar-refractivity contribution in [2.24, 2.45) is 11.1 Å². The van der Waals surface area contributed by atoms with Crippen molar-refractivity contribution in [1.29, 1.82) is 0 Å². The second-order valence-corrected chi connectivity index (χ2v) is 5.69. The maximum atomic E-state index is 11.9. The highest BCUT2D eigenvalue weighted by molar-refractivity contribution is 5.87. The average molecular weight is 255 g/mol. The van der Waals surface area contributed by atoms with Gasteiger partial charge in [0.25, 0.3) is 0 Å². The molecule has 104 valence electrons. The summed E-state index contributed by atoms with van der Waals surface area (Å²) in [5.41, 5.74) is 5.70. The molecule has 4 N–H and O–H groups in total. The van der Waals surface area contributed by atoms with E-state index in [1.54, 1.807) is 6.92 Å². The molecule has 0 heterocycles. The molecule has 0 aliphatic heterocycles. The number of carbonyl (C=O) groups excluding carboxylic acids is 2. The lowest BCUT2D eigenvalue weighted by molar-refractivity contribution is -0.130. The highest BCUT2D eigenvalue weighted by Gasteiger charge is 2.37. The van der Waals surface area contributed by atoms with Gasteiger partial charge in [-0.15, -0.1) is 0 Å². The number of nitrogens with two attached hydrogens (primary N) is 1. The average Bonchev–Trinajstić information content (AvgIpc) is 2.22. The minimum Gasteiger partial charge on any atom is -0.352 e. The van der Waals surface area contributed by atoms with Gasteiger partial charge in [-0.25, -0.2) is 0 Å². The Balaban J connectivity index is 2.37. The minimum atomic E-state index is -0.491. The van der Waals surface area contributed by atoms with Crippen molar-refractivity contribution in [2.45, 2.75) is 58.5 Å². The number of rotatable bonds is 6. The Morgan fingerprint density at radius 2 is 1.83 bits per heavy atom. The molecular weight excluding hydrogens is 230 g/mol. The van der Waals surface area contributed by atoms with E-state index in [9.17, 15) is 9.59 Å². The van der Waals surface area contributed by atoms with Crippen LogP contribution < -0.4 is 16.4 Å². The van der Waals surface area contributed by atoms with Crippen LogP contribution in [0.25, 0.3) is 0 Å². The van der Waals surface area contributed by atoms with Gasteiger partial charge in [-0.2, -0.15) is 0 Å². The first-order valence-electron chi connectivity index (χ1n) is 6.68. The molecule has 0 bridgehead atoms. The van der Waals surface area contributed by atoms with Crippen molar-refractivity contribution in [3.05, 3.63) is 0 Å². The highest BCUT2D eigenvalue weighted by atomic mass is 16.2. The van der Waals surface area contributed by atoms with Crippen molar-refractivity contribution in [2.75, 3.05) is 6.54 Å². The molecule has 0 spiro atoms. The van der Waals surface area contributed by atoms with Gasteiger partial charge in [0.05, 0.1) is 0 Å². The van der Waals surface area contributed by atoms with Crippen molar-refractivity contribution < 1.29 is 9.59 Å². The summed E-state index contributed by atoms with van der Waals surface area (Å²) in [6.07, 6.45) is 3.61. The molecule has 5 nitrogen and oxygen atoms in total. The standard InChI is InChI=1S/C13H25N3O2/c1-9(2)15-12(18)10(3)16-11(17)7-13(8-14)5-4-6-13/h9-10H,4-8,14H2,1-3H3,(H,15,18)(H,16,17). The van der Waals surface area contributed by atoms with Crippen LogP contribution in [0.4, 0.5) is 0 Å². The van der Waals surface area contributed by atoms with E-state index in [1.165, 1.54) is 0 Å². The maximum absolute atomic E-state index is 11.9. The Bertz CT molecular complexity index is 306. The van der Waals surface area contributed by atoms with Gasteiger partial charge in [-0.1, -0.05) is 6.42 Å². The van der Waals surface area contributed by atoms with Gasteiger partial charge in [0.1, 0.15) is 6.04 Å². The lowest BCUT2D eigenvalue weighted by atomic mass is 9.66. The Morgan fingerprint density at radius 3 is 2.22 bits per heavy atom. The van der Waals surface area contributed by atoms with Crippen molar-refractivity contribution in [1.82, 2.24) is 10.6 Å². The summed E-state index contributed by atoms with van der Waals surface area (Å²) in [6.45, 7) is 6.03. The monoisotopic (exact) mass is 255 g/mol. The van der Waals surface area contributed by atoms with Gasteiger partial charge < -0.3 is 16.4 Å². The molecule has 0 saturated heterocycles. The van der Waals surface area contributed by atoms with Crippen LogP contribution in [0.5, 0.6) is 0 Å². The van der Waals surface area contributed by atoms with Gasteiger partial charge in [0, 0.05) is 12.5 Å². The second-order valence-electron chi connectivity index (χ2n) is 5.69. The summed E-state index contributed by atoms with van der Waals surface area (Å²) >= 11 is 0. The van der Waals surface area contributed by atoms with E-state index in [1.807, 2.05) is 13.8 Å². The van der Waals surface area contributed by atoms with Crippen molar-refractivity contribution >= 4 is 11.8 Å². The SMILES string of the molecule is CC(C)NC(=O)C(C)NC(=O)CC1(CN)CCC1. The van der Waals surface area contributed by atoms with Crippen LogP contribution in [0, 0.1) is 5.41 Å². The van der Waals surface area contributed by atoms with E-state index in [2.05, 4.69) is 10.6 Å². The molecule has 1 unspecified atom stereocenters. The number of hydrogen-bond acceptors (Lipinski definition) is 3. The number of amides is 2. The number of hydrogen-bond donors (Lipinski definition) is 3. The summed E-state index contributed by atoms with van der Waals surface area (Å²) < 4.78 is 0. The van der Waals surface area contributed by atoms with Crippen LogP contribution in [0.1, 0.15) is 46.5 Å². The quantitative estimate of drug-likeness (QED) is 0.647. The van der Waals surface area contributed by atoms with Gasteiger partial charge in [-0.3, -0.25) is 9.59 Å². The molecular formula is C13H25N3O2. The van der Waals surface area contributed by atoms with Gasteiger partial charge in [0.15, 0.2) is 0 Å². The topological polar surface area (TPSA) is 84.2 Å². The molecule has 0 aromatic rings. The zero-order valence-corrected chi connectivity index (χ0v) is 11.6. The van der Waals surface area contributed by atoms with Crippen LogP contribution in [0.2, 0.25) is 0 Å². The Kier molecular flexibility index (Phi) is 5.14. The molecule has 1 saturated carbocycles. The van der Waals surface area contributed by atoms with E-state index in [0.717, 1.165) is 19.3 Å². The lowest BCUT2D eigenvalue weighted by Crippen LogP contribution is -2.49. The Labute approximate surface area is 109 Å². The smallest absolute Gasteiger partial charge is 0.242 e. The molecule has 0 aromatic carbocycles. The molecule has 18 heavy (non-hydrogen) atoms. The molecule has 0 radical (unpaired) electrons. The van der Waals surface area contributed by atoms with Crippen LogP contribution in [0.15, 0.2) is 0 Å². The van der Waals surface area contributed by atoms with E-state index in [-0.39, 0.29) is 23.3 Å². The first-order valence-corrected chi connectivity index (χ1v) is 6.68. The van der Waals surface area contributed by atoms with Crippen molar-refractivity contribution in [3.8, 4) is 0 Å². The molecule has 1 aliphatic carbocycles. The third-order valence-corrected chi connectivity index (χ3v) is 3.58. The molecule has 1 atom stereocenters.